The summed E-state index contributed by atoms with van der Waals surface area (Å²) < 4.78 is 0. The van der Waals surface area contributed by atoms with Gasteiger partial charge < -0.3 is 0 Å². The molecule has 0 aromatic carbocycles. The van der Waals surface area contributed by atoms with Crippen LogP contribution in [0.1, 0.15) is 47.0 Å². The number of allylic oxidation sites excluding steroid dienone is 5. The molecule has 0 aliphatic carbocycles. The van der Waals surface area contributed by atoms with E-state index < -0.39 is 0 Å². The maximum Gasteiger partial charge on any atom is -0.0285 e. The minimum atomic E-state index is 1.09. The lowest BCUT2D eigenvalue weighted by atomic mass is 10.0. The normalized spacial score (nSPS) is 11.2. The van der Waals surface area contributed by atoms with Crippen molar-refractivity contribution in [2.45, 2.75) is 47.0 Å². The van der Waals surface area contributed by atoms with Gasteiger partial charge in [0.15, 0.2) is 0 Å². The first-order chi connectivity index (χ1) is 6.11. The molecule has 0 heterocycles. The summed E-state index contributed by atoms with van der Waals surface area (Å²) in [4.78, 5) is 0. The lowest BCUT2D eigenvalue weighted by molar-refractivity contribution is 0.898. The minimum absolute atomic E-state index is 1.09. The topological polar surface area (TPSA) is 0 Å². The Balaban J connectivity index is 4.41. The van der Waals surface area contributed by atoms with Crippen molar-refractivity contribution < 1.29 is 0 Å². The monoisotopic (exact) mass is 178 g/mol. The van der Waals surface area contributed by atoms with Crippen molar-refractivity contribution in [1.29, 1.82) is 0 Å². The quantitative estimate of drug-likeness (QED) is 0.538. The minimum Gasteiger partial charge on any atom is -0.0956 e. The summed E-state index contributed by atoms with van der Waals surface area (Å²) >= 11 is 0. The van der Waals surface area contributed by atoms with Crippen molar-refractivity contribution in [3.8, 4) is 0 Å². The molecule has 0 aliphatic heterocycles. The first-order valence-corrected chi connectivity index (χ1v) is 5.14. The van der Waals surface area contributed by atoms with Crippen molar-refractivity contribution in [3.63, 3.8) is 0 Å². The molecule has 0 unspecified atom stereocenters. The van der Waals surface area contributed by atoms with Crippen LogP contribution in [0.5, 0.6) is 0 Å². The van der Waals surface area contributed by atoms with Gasteiger partial charge in [-0.05, 0) is 32.3 Å². The average molecular weight is 178 g/mol. The van der Waals surface area contributed by atoms with Crippen LogP contribution in [0.25, 0.3) is 0 Å². The lowest BCUT2D eigenvalue weighted by Gasteiger charge is -2.06. The third-order valence-electron chi connectivity index (χ3n) is 2.00. The zero-order valence-electron chi connectivity index (χ0n) is 9.48. The second kappa shape index (κ2) is 6.71. The highest BCUT2D eigenvalue weighted by atomic mass is 14.0. The summed E-state index contributed by atoms with van der Waals surface area (Å²) in [5.41, 5.74) is 4.03. The first kappa shape index (κ1) is 12.2. The molecule has 74 valence electrons. The molecule has 0 amide bonds. The van der Waals surface area contributed by atoms with Crippen LogP contribution in [0, 0.1) is 0 Å². The highest BCUT2D eigenvalue weighted by Crippen LogP contribution is 2.17. The Kier molecular flexibility index (Phi) is 6.30. The maximum atomic E-state index is 4.10. The fourth-order valence-corrected chi connectivity index (χ4v) is 1.22. The Hall–Kier alpha value is -0.780. The molecule has 0 heteroatoms. The van der Waals surface area contributed by atoms with Gasteiger partial charge in [-0.25, -0.2) is 0 Å². The number of hydrogen-bond acceptors (Lipinski definition) is 0. The zero-order chi connectivity index (χ0) is 10.3. The van der Waals surface area contributed by atoms with Crippen LogP contribution in [-0.4, -0.2) is 0 Å². The third kappa shape index (κ3) is 5.46. The highest BCUT2D eigenvalue weighted by molar-refractivity contribution is 5.31. The summed E-state index contributed by atoms with van der Waals surface area (Å²) in [6.45, 7) is 12.7. The summed E-state index contributed by atoms with van der Waals surface area (Å²) in [6, 6.07) is 0. The molecule has 0 aromatic heterocycles. The summed E-state index contributed by atoms with van der Waals surface area (Å²) in [5, 5.41) is 0. The van der Waals surface area contributed by atoms with E-state index in [0.29, 0.717) is 0 Å². The Morgan fingerprint density at radius 1 is 1.15 bits per heavy atom. The molecule has 0 spiro atoms. The van der Waals surface area contributed by atoms with Crippen molar-refractivity contribution in [2.75, 3.05) is 0 Å². The third-order valence-corrected chi connectivity index (χ3v) is 2.00. The maximum absolute atomic E-state index is 4.10. The molecule has 0 saturated carbocycles. The van der Waals surface area contributed by atoms with Crippen LogP contribution in [0.2, 0.25) is 0 Å². The molecule has 0 bridgehead atoms. The van der Waals surface area contributed by atoms with Crippen LogP contribution in [-0.2, 0) is 0 Å². The predicted octanol–water partition coefficient (Wildman–Crippen LogP) is 4.65. The molecular weight excluding hydrogens is 156 g/mol. The average Bonchev–Trinajstić information content (AvgIpc) is 2.05. The Labute approximate surface area is 83.0 Å². The standard InChI is InChI=1S/C13H22/c1-6-8-12(5)13(7-2)10-9-11(3)4/h9-10H,5-8H2,1-4H3/b13-10-. The fraction of sp³-hybridized carbons (Fsp3) is 0.538. The predicted molar refractivity (Wildman–Crippen MR) is 61.9 cm³/mol. The van der Waals surface area contributed by atoms with E-state index in [9.17, 15) is 0 Å². The zero-order valence-corrected chi connectivity index (χ0v) is 9.48. The van der Waals surface area contributed by atoms with Gasteiger partial charge in [-0.2, -0.15) is 0 Å². The molecule has 0 saturated heterocycles. The van der Waals surface area contributed by atoms with E-state index in [-0.39, 0.29) is 0 Å². The van der Waals surface area contributed by atoms with E-state index in [1.165, 1.54) is 23.1 Å². The van der Waals surface area contributed by atoms with Crippen LogP contribution in [0.15, 0.2) is 35.5 Å². The Morgan fingerprint density at radius 3 is 2.15 bits per heavy atom. The first-order valence-electron chi connectivity index (χ1n) is 5.14. The molecule has 0 atom stereocenters. The molecule has 0 aliphatic rings. The Bertz CT molecular complexity index is 212. The van der Waals surface area contributed by atoms with Crippen LogP contribution >= 0.6 is 0 Å². The van der Waals surface area contributed by atoms with Crippen molar-refractivity contribution in [3.05, 3.63) is 35.5 Å². The number of hydrogen-bond donors (Lipinski definition) is 0. The SMILES string of the molecule is C=C(CCC)/C(=C\C=C(C)C)CC. The van der Waals surface area contributed by atoms with Crippen molar-refractivity contribution in [1.82, 2.24) is 0 Å². The molecule has 0 N–H and O–H groups in total. The van der Waals surface area contributed by atoms with Gasteiger partial charge >= 0.3 is 0 Å². The number of rotatable bonds is 5. The lowest BCUT2D eigenvalue weighted by Crippen LogP contribution is -1.86. The second-order valence-corrected chi connectivity index (χ2v) is 3.64. The van der Waals surface area contributed by atoms with Gasteiger partial charge in [0.25, 0.3) is 0 Å². The molecule has 0 aromatic rings. The fourth-order valence-electron chi connectivity index (χ4n) is 1.22. The molecule has 0 fully saturated rings. The molecule has 13 heavy (non-hydrogen) atoms. The molecule has 0 nitrogen and oxygen atoms in total. The van der Waals surface area contributed by atoms with E-state index >= 15 is 0 Å². The van der Waals surface area contributed by atoms with E-state index in [4.69, 9.17) is 0 Å². The second-order valence-electron chi connectivity index (χ2n) is 3.64. The van der Waals surface area contributed by atoms with Gasteiger partial charge in [0.2, 0.25) is 0 Å². The summed E-state index contributed by atoms with van der Waals surface area (Å²) in [7, 11) is 0. The van der Waals surface area contributed by atoms with E-state index in [1.807, 2.05) is 0 Å². The summed E-state index contributed by atoms with van der Waals surface area (Å²) in [5.74, 6) is 0. The van der Waals surface area contributed by atoms with Gasteiger partial charge in [-0.3, -0.25) is 0 Å². The van der Waals surface area contributed by atoms with E-state index in [0.717, 1.165) is 12.8 Å². The van der Waals surface area contributed by atoms with Crippen molar-refractivity contribution in [2.24, 2.45) is 0 Å². The van der Waals surface area contributed by atoms with Crippen LogP contribution < -0.4 is 0 Å². The van der Waals surface area contributed by atoms with Gasteiger partial charge in [-0.1, -0.05) is 50.1 Å². The van der Waals surface area contributed by atoms with Gasteiger partial charge in [0.1, 0.15) is 0 Å². The molecular formula is C13H22. The summed E-state index contributed by atoms with van der Waals surface area (Å²) in [6.07, 6.45) is 7.76. The van der Waals surface area contributed by atoms with Gasteiger partial charge in [0.05, 0.1) is 0 Å². The van der Waals surface area contributed by atoms with Crippen molar-refractivity contribution >= 4 is 0 Å². The molecule has 0 radical (unpaired) electrons. The van der Waals surface area contributed by atoms with Crippen LogP contribution in [0.4, 0.5) is 0 Å². The molecule has 0 rings (SSSR count). The smallest absolute Gasteiger partial charge is 0.0285 e. The Morgan fingerprint density at radius 2 is 1.77 bits per heavy atom. The van der Waals surface area contributed by atoms with E-state index in [2.05, 4.69) is 46.4 Å². The van der Waals surface area contributed by atoms with Gasteiger partial charge in [-0.15, -0.1) is 0 Å². The largest absolute Gasteiger partial charge is 0.0956 e. The van der Waals surface area contributed by atoms with Gasteiger partial charge in [0, 0.05) is 0 Å². The van der Waals surface area contributed by atoms with E-state index in [1.54, 1.807) is 0 Å². The highest BCUT2D eigenvalue weighted by Gasteiger charge is 1.97. The van der Waals surface area contributed by atoms with Crippen LogP contribution in [0.3, 0.4) is 0 Å².